The number of carboxylic acid groups (broad SMARTS) is 1. The lowest BCUT2D eigenvalue weighted by Gasteiger charge is -2.28. The average molecular weight is 355 g/mol. The molecule has 2 atom stereocenters. The number of ether oxygens (including phenoxy) is 2. The summed E-state index contributed by atoms with van der Waals surface area (Å²) in [6.07, 6.45) is -1.03. The molecule has 6 nitrogen and oxygen atoms in total. The van der Waals surface area contributed by atoms with E-state index in [1.165, 1.54) is 14.0 Å². The van der Waals surface area contributed by atoms with Gasteiger partial charge in [-0.1, -0.05) is 48.5 Å². The van der Waals surface area contributed by atoms with E-state index in [2.05, 4.69) is 0 Å². The molecule has 26 heavy (non-hydrogen) atoms. The molecule has 0 aliphatic heterocycles. The molecule has 3 rings (SSSR count). The molecule has 1 aliphatic carbocycles. The van der Waals surface area contributed by atoms with Gasteiger partial charge in [0, 0.05) is 13.0 Å². The summed E-state index contributed by atoms with van der Waals surface area (Å²) in [6, 6.07) is 15.8. The number of rotatable bonds is 6. The van der Waals surface area contributed by atoms with Crippen LogP contribution >= 0.6 is 0 Å². The van der Waals surface area contributed by atoms with Crippen molar-refractivity contribution in [3.05, 3.63) is 59.7 Å². The van der Waals surface area contributed by atoms with Gasteiger partial charge in [-0.25, -0.2) is 9.59 Å². The zero-order chi connectivity index (χ0) is 18.9. The number of carboxylic acids is 1. The lowest BCUT2D eigenvalue weighted by Crippen LogP contribution is -2.63. The Morgan fingerprint density at radius 1 is 1.12 bits per heavy atom. The van der Waals surface area contributed by atoms with Gasteiger partial charge in [0.05, 0.1) is 6.10 Å². The van der Waals surface area contributed by atoms with Crippen molar-refractivity contribution in [2.75, 3.05) is 13.7 Å². The number of hydrogen-bond acceptors (Lipinski definition) is 5. The zero-order valence-electron chi connectivity index (χ0n) is 14.6. The summed E-state index contributed by atoms with van der Waals surface area (Å²) in [7, 11) is 1.30. The normalized spacial score (nSPS) is 16.3. The van der Waals surface area contributed by atoms with Gasteiger partial charge in [-0.2, -0.15) is 0 Å². The Labute approximate surface area is 151 Å². The van der Waals surface area contributed by atoms with Gasteiger partial charge in [-0.3, -0.25) is 0 Å². The number of fused-ring (bicyclic) bond motifs is 3. The first-order valence-electron chi connectivity index (χ1n) is 8.31. The summed E-state index contributed by atoms with van der Waals surface area (Å²) < 4.78 is 10.3. The second-order valence-electron chi connectivity index (χ2n) is 6.38. The summed E-state index contributed by atoms with van der Waals surface area (Å²) in [5, 5.41) is 9.41. The van der Waals surface area contributed by atoms with Crippen molar-refractivity contribution in [1.29, 1.82) is 0 Å². The molecule has 0 heterocycles. The van der Waals surface area contributed by atoms with E-state index in [1.54, 1.807) is 0 Å². The Hall–Kier alpha value is -2.70. The van der Waals surface area contributed by atoms with Crippen molar-refractivity contribution in [2.24, 2.45) is 5.73 Å². The Bertz CT molecular complexity index is 804. The second-order valence-corrected chi connectivity index (χ2v) is 6.38. The topological polar surface area (TPSA) is 98.9 Å². The molecule has 0 bridgehead atoms. The average Bonchev–Trinajstić information content (AvgIpc) is 2.98. The van der Waals surface area contributed by atoms with E-state index in [9.17, 15) is 14.7 Å². The lowest BCUT2D eigenvalue weighted by atomic mass is 9.94. The predicted molar refractivity (Wildman–Crippen MR) is 95.7 cm³/mol. The van der Waals surface area contributed by atoms with Gasteiger partial charge in [-0.15, -0.1) is 0 Å². The van der Waals surface area contributed by atoms with Crippen LogP contribution < -0.4 is 5.73 Å². The maximum absolute atomic E-state index is 12.5. The van der Waals surface area contributed by atoms with Crippen molar-refractivity contribution in [3.8, 4) is 11.1 Å². The predicted octanol–water partition coefficient (Wildman–Crippen LogP) is 2.16. The molecule has 0 saturated carbocycles. The van der Waals surface area contributed by atoms with Gasteiger partial charge in [0.25, 0.3) is 0 Å². The summed E-state index contributed by atoms with van der Waals surface area (Å²) >= 11 is 0. The highest BCUT2D eigenvalue weighted by Crippen LogP contribution is 2.44. The Kier molecular flexibility index (Phi) is 4.80. The highest BCUT2D eigenvalue weighted by atomic mass is 16.5. The minimum atomic E-state index is -2.26. The van der Waals surface area contributed by atoms with Crippen LogP contribution in [0.15, 0.2) is 48.5 Å². The van der Waals surface area contributed by atoms with E-state index in [1.807, 2.05) is 48.5 Å². The third kappa shape index (κ3) is 2.77. The van der Waals surface area contributed by atoms with Gasteiger partial charge >= 0.3 is 11.9 Å². The van der Waals surface area contributed by atoms with E-state index in [-0.39, 0.29) is 12.5 Å². The second kappa shape index (κ2) is 6.90. The van der Waals surface area contributed by atoms with Crippen LogP contribution in [-0.2, 0) is 19.1 Å². The van der Waals surface area contributed by atoms with Crippen molar-refractivity contribution in [2.45, 2.75) is 24.5 Å². The first kappa shape index (κ1) is 18.1. The van der Waals surface area contributed by atoms with Crippen LogP contribution in [0.4, 0.5) is 0 Å². The van der Waals surface area contributed by atoms with Gasteiger partial charge in [0.15, 0.2) is 0 Å². The summed E-state index contributed by atoms with van der Waals surface area (Å²) in [5.41, 5.74) is 7.82. The van der Waals surface area contributed by atoms with Crippen LogP contribution in [0.25, 0.3) is 11.1 Å². The number of benzene rings is 2. The largest absolute Gasteiger partial charge is 0.479 e. The van der Waals surface area contributed by atoms with Gasteiger partial charge in [-0.05, 0) is 29.2 Å². The van der Waals surface area contributed by atoms with E-state index in [4.69, 9.17) is 15.2 Å². The number of carbonyl (C=O) groups is 2. The molecule has 2 aromatic rings. The fourth-order valence-corrected chi connectivity index (χ4v) is 3.33. The minimum Gasteiger partial charge on any atom is -0.479 e. The molecule has 0 aromatic heterocycles. The van der Waals surface area contributed by atoms with Crippen molar-refractivity contribution >= 4 is 11.9 Å². The zero-order valence-corrected chi connectivity index (χ0v) is 14.6. The first-order valence-corrected chi connectivity index (χ1v) is 8.31. The highest BCUT2D eigenvalue weighted by Gasteiger charge is 2.50. The molecule has 2 unspecified atom stereocenters. The monoisotopic (exact) mass is 355 g/mol. The molecule has 0 radical (unpaired) electrons. The Balaban J connectivity index is 1.86. The fraction of sp³-hybridized carbons (Fsp3) is 0.300. The molecule has 2 aromatic carbocycles. The van der Waals surface area contributed by atoms with Gasteiger partial charge < -0.3 is 20.3 Å². The highest BCUT2D eigenvalue weighted by molar-refractivity contribution is 6.04. The van der Waals surface area contributed by atoms with Crippen LogP contribution in [0, 0.1) is 0 Å². The van der Waals surface area contributed by atoms with Crippen LogP contribution in [0.2, 0.25) is 0 Å². The van der Waals surface area contributed by atoms with E-state index in [0.29, 0.717) is 0 Å². The summed E-state index contributed by atoms with van der Waals surface area (Å²) in [6.45, 7) is 1.44. The van der Waals surface area contributed by atoms with Gasteiger partial charge in [0.1, 0.15) is 6.61 Å². The molecule has 0 saturated heterocycles. The van der Waals surface area contributed by atoms with E-state index in [0.717, 1.165) is 22.3 Å². The molecular formula is C20H21NO5. The van der Waals surface area contributed by atoms with Crippen LogP contribution in [0.1, 0.15) is 24.0 Å². The maximum atomic E-state index is 12.5. The van der Waals surface area contributed by atoms with Crippen molar-refractivity contribution in [3.63, 3.8) is 0 Å². The molecule has 3 N–H and O–H groups in total. The Morgan fingerprint density at radius 3 is 2.08 bits per heavy atom. The number of aliphatic carboxylic acids is 1. The quantitative estimate of drug-likeness (QED) is 0.609. The van der Waals surface area contributed by atoms with Gasteiger partial charge in [0.2, 0.25) is 5.54 Å². The SMILES string of the molecule is COC(C)C(N)(C(=O)O)C(=O)OCC1c2ccccc2-c2ccccc21. The van der Waals surface area contributed by atoms with E-state index < -0.39 is 23.6 Å². The molecule has 0 amide bonds. The van der Waals surface area contributed by atoms with Crippen LogP contribution in [0.5, 0.6) is 0 Å². The standard InChI is InChI=1S/C20H21NO5/c1-12(25-2)20(21,18(22)23)19(24)26-11-17-15-9-5-3-7-13(15)14-8-4-6-10-16(14)17/h3-10,12,17H,11,21H2,1-2H3,(H,22,23). The van der Waals surface area contributed by atoms with Crippen molar-refractivity contribution < 1.29 is 24.2 Å². The first-order chi connectivity index (χ1) is 12.4. The lowest BCUT2D eigenvalue weighted by molar-refractivity contribution is -0.167. The molecule has 136 valence electrons. The summed E-state index contributed by atoms with van der Waals surface area (Å²) in [5.74, 6) is -2.66. The third-order valence-corrected chi connectivity index (χ3v) is 5.03. The minimum absolute atomic E-state index is 0.00945. The van der Waals surface area contributed by atoms with Crippen LogP contribution in [0.3, 0.4) is 0 Å². The number of carbonyl (C=O) groups excluding carboxylic acids is 1. The third-order valence-electron chi connectivity index (χ3n) is 5.03. The number of methoxy groups -OCH3 is 1. The Morgan fingerprint density at radius 2 is 1.62 bits per heavy atom. The molecule has 6 heteroatoms. The number of hydrogen-bond donors (Lipinski definition) is 2. The number of nitrogens with two attached hydrogens (primary N) is 1. The fourth-order valence-electron chi connectivity index (χ4n) is 3.33. The summed E-state index contributed by atoms with van der Waals surface area (Å²) in [4.78, 5) is 24.0. The molecule has 0 spiro atoms. The maximum Gasteiger partial charge on any atom is 0.340 e. The van der Waals surface area contributed by atoms with E-state index >= 15 is 0 Å². The number of esters is 1. The smallest absolute Gasteiger partial charge is 0.340 e. The molecule has 0 fully saturated rings. The molecule has 1 aliphatic rings. The molecular weight excluding hydrogens is 334 g/mol. The van der Waals surface area contributed by atoms with Crippen molar-refractivity contribution in [1.82, 2.24) is 0 Å². The van der Waals surface area contributed by atoms with Crippen LogP contribution in [-0.4, -0.2) is 42.4 Å².